The van der Waals surface area contributed by atoms with Gasteiger partial charge >= 0.3 is 0 Å². The second-order valence-corrected chi connectivity index (χ2v) is 8.41. The maximum absolute atomic E-state index is 11.6. The fourth-order valence-electron chi connectivity index (χ4n) is 3.34. The van der Waals surface area contributed by atoms with Crippen molar-refractivity contribution in [1.29, 1.82) is 0 Å². The van der Waals surface area contributed by atoms with Gasteiger partial charge in [-0.2, -0.15) is 5.10 Å². The first-order valence-electron chi connectivity index (χ1n) is 9.32. The number of piperazine rings is 1. The molecule has 8 nitrogen and oxygen atoms in total. The van der Waals surface area contributed by atoms with E-state index in [4.69, 9.17) is 4.74 Å². The fraction of sp³-hybridized carbons (Fsp3) is 0.421. The van der Waals surface area contributed by atoms with Crippen LogP contribution in [0.4, 0.5) is 5.82 Å². The van der Waals surface area contributed by atoms with Crippen molar-refractivity contribution >= 4 is 27.7 Å². The highest BCUT2D eigenvalue weighted by molar-refractivity contribution is 7.81. The highest BCUT2D eigenvalue weighted by Gasteiger charge is 2.21. The Hall–Kier alpha value is -2.52. The van der Waals surface area contributed by atoms with Gasteiger partial charge in [0.1, 0.15) is 11.5 Å². The van der Waals surface area contributed by atoms with Crippen molar-refractivity contribution in [3.8, 4) is 17.1 Å². The monoisotopic (exact) mass is 400 g/mol. The first-order valence-corrected chi connectivity index (χ1v) is 10.8. The van der Waals surface area contributed by atoms with Crippen molar-refractivity contribution in [2.24, 2.45) is 0 Å². The molecule has 1 atom stereocenters. The number of anilines is 1. The molecule has 0 aliphatic carbocycles. The molecule has 1 unspecified atom stereocenters. The molecule has 0 bridgehead atoms. The SMILES string of the molecule is CC(C)Oc1cc2c(-c3ccnc(N4CCN(S(C)=O)CC4)c3)n[nH]c2cn1. The van der Waals surface area contributed by atoms with E-state index in [0.29, 0.717) is 5.88 Å². The third-order valence-corrected chi connectivity index (χ3v) is 5.82. The van der Waals surface area contributed by atoms with E-state index in [1.165, 1.54) is 0 Å². The lowest BCUT2D eigenvalue weighted by Gasteiger charge is -2.33. The summed E-state index contributed by atoms with van der Waals surface area (Å²) in [6.45, 7) is 7.08. The normalized spacial score (nSPS) is 16.6. The Morgan fingerprint density at radius 3 is 2.68 bits per heavy atom. The third-order valence-electron chi connectivity index (χ3n) is 4.72. The van der Waals surface area contributed by atoms with E-state index >= 15 is 0 Å². The van der Waals surface area contributed by atoms with Crippen molar-refractivity contribution in [3.05, 3.63) is 30.6 Å². The Morgan fingerprint density at radius 2 is 1.96 bits per heavy atom. The van der Waals surface area contributed by atoms with Crippen LogP contribution in [0.25, 0.3) is 22.2 Å². The largest absolute Gasteiger partial charge is 0.475 e. The number of pyridine rings is 2. The number of hydrogen-bond acceptors (Lipinski definition) is 6. The van der Waals surface area contributed by atoms with Crippen LogP contribution in [0.3, 0.4) is 0 Å². The van der Waals surface area contributed by atoms with Crippen molar-refractivity contribution < 1.29 is 8.95 Å². The molecule has 1 aliphatic rings. The van der Waals surface area contributed by atoms with Crippen LogP contribution in [0.5, 0.6) is 5.88 Å². The van der Waals surface area contributed by atoms with Gasteiger partial charge in [0.15, 0.2) is 0 Å². The van der Waals surface area contributed by atoms with Crippen LogP contribution in [0.2, 0.25) is 0 Å². The lowest BCUT2D eigenvalue weighted by molar-refractivity contribution is 0.233. The van der Waals surface area contributed by atoms with Crippen LogP contribution in [0.15, 0.2) is 30.6 Å². The molecule has 3 aromatic heterocycles. The number of aromatic nitrogens is 4. The second-order valence-electron chi connectivity index (χ2n) is 7.05. The number of rotatable bonds is 5. The van der Waals surface area contributed by atoms with Gasteiger partial charge in [0.25, 0.3) is 0 Å². The van der Waals surface area contributed by atoms with Gasteiger partial charge in [-0.3, -0.25) is 5.10 Å². The molecule has 1 saturated heterocycles. The smallest absolute Gasteiger partial charge is 0.214 e. The predicted molar refractivity (Wildman–Crippen MR) is 111 cm³/mol. The molecular weight excluding hydrogens is 376 g/mol. The summed E-state index contributed by atoms with van der Waals surface area (Å²) in [5, 5.41) is 8.50. The lowest BCUT2D eigenvalue weighted by atomic mass is 10.1. The molecule has 0 aromatic carbocycles. The molecule has 1 aliphatic heterocycles. The predicted octanol–water partition coefficient (Wildman–Crippen LogP) is 2.22. The Kier molecular flexibility index (Phi) is 5.27. The molecule has 0 radical (unpaired) electrons. The Balaban J connectivity index is 1.62. The maximum Gasteiger partial charge on any atom is 0.214 e. The van der Waals surface area contributed by atoms with Crippen molar-refractivity contribution in [1.82, 2.24) is 24.5 Å². The zero-order valence-corrected chi connectivity index (χ0v) is 17.1. The summed E-state index contributed by atoms with van der Waals surface area (Å²) in [6.07, 6.45) is 5.34. The zero-order chi connectivity index (χ0) is 19.7. The number of hydrogen-bond donors (Lipinski definition) is 1. The van der Waals surface area contributed by atoms with Gasteiger partial charge in [-0.05, 0) is 26.0 Å². The second kappa shape index (κ2) is 7.84. The van der Waals surface area contributed by atoms with Crippen LogP contribution in [0.1, 0.15) is 13.8 Å². The number of aromatic amines is 1. The Labute approximate surface area is 166 Å². The van der Waals surface area contributed by atoms with Crippen LogP contribution in [0, 0.1) is 0 Å². The van der Waals surface area contributed by atoms with Crippen molar-refractivity contribution in [2.45, 2.75) is 20.0 Å². The van der Waals surface area contributed by atoms with E-state index in [1.54, 1.807) is 12.5 Å². The quantitative estimate of drug-likeness (QED) is 0.707. The molecule has 3 aromatic rings. The van der Waals surface area contributed by atoms with Gasteiger partial charge < -0.3 is 9.64 Å². The molecule has 1 fully saturated rings. The van der Waals surface area contributed by atoms with Gasteiger partial charge in [0, 0.05) is 55.6 Å². The molecule has 0 amide bonds. The molecule has 28 heavy (non-hydrogen) atoms. The number of nitrogens with zero attached hydrogens (tertiary/aromatic N) is 5. The third kappa shape index (κ3) is 3.85. The summed E-state index contributed by atoms with van der Waals surface area (Å²) < 4.78 is 19.4. The first-order chi connectivity index (χ1) is 13.5. The summed E-state index contributed by atoms with van der Waals surface area (Å²) in [4.78, 5) is 11.1. The van der Waals surface area contributed by atoms with E-state index in [1.807, 2.05) is 36.5 Å². The average molecular weight is 401 g/mol. The minimum absolute atomic E-state index is 0.0592. The maximum atomic E-state index is 11.6. The number of nitrogens with one attached hydrogen (secondary N) is 1. The minimum atomic E-state index is -0.920. The number of H-pyrrole nitrogens is 1. The molecule has 0 saturated carbocycles. The summed E-state index contributed by atoms with van der Waals surface area (Å²) in [6, 6.07) is 5.93. The van der Waals surface area contributed by atoms with E-state index < -0.39 is 11.0 Å². The van der Waals surface area contributed by atoms with Gasteiger partial charge in [0.2, 0.25) is 5.88 Å². The summed E-state index contributed by atoms with van der Waals surface area (Å²) in [5.41, 5.74) is 2.70. The van der Waals surface area contributed by atoms with Crippen LogP contribution in [-0.4, -0.2) is 67.2 Å². The van der Waals surface area contributed by atoms with E-state index in [-0.39, 0.29) is 6.10 Å². The Morgan fingerprint density at radius 1 is 1.18 bits per heavy atom. The van der Waals surface area contributed by atoms with Gasteiger partial charge in [-0.25, -0.2) is 18.5 Å². The standard InChI is InChI=1S/C19H24N6O2S/c1-13(2)27-18-11-15-16(12-21-18)22-23-19(15)14-4-5-20-17(10-14)24-6-8-25(9-7-24)28(3)26/h4-5,10-13H,6-9H2,1-3H3,(H,22,23). The molecule has 1 N–H and O–H groups in total. The van der Waals surface area contributed by atoms with Crippen LogP contribution in [-0.2, 0) is 11.0 Å². The topological polar surface area (TPSA) is 87.2 Å². The molecular formula is C19H24N6O2S. The molecule has 148 valence electrons. The Bertz CT molecular complexity index is 997. The van der Waals surface area contributed by atoms with Crippen LogP contribution >= 0.6 is 0 Å². The molecule has 0 spiro atoms. The first kappa shape index (κ1) is 18.8. The van der Waals surface area contributed by atoms with Crippen molar-refractivity contribution in [3.63, 3.8) is 0 Å². The highest BCUT2D eigenvalue weighted by Crippen LogP contribution is 2.30. The highest BCUT2D eigenvalue weighted by atomic mass is 32.2. The van der Waals surface area contributed by atoms with E-state index in [2.05, 4.69) is 31.1 Å². The molecule has 9 heteroatoms. The van der Waals surface area contributed by atoms with E-state index in [0.717, 1.165) is 54.2 Å². The summed E-state index contributed by atoms with van der Waals surface area (Å²) >= 11 is 0. The van der Waals surface area contributed by atoms with Crippen LogP contribution < -0.4 is 9.64 Å². The fourth-order valence-corrected chi connectivity index (χ4v) is 4.01. The molecule has 4 rings (SSSR count). The average Bonchev–Trinajstić information content (AvgIpc) is 3.11. The summed E-state index contributed by atoms with van der Waals surface area (Å²) in [7, 11) is -0.920. The number of fused-ring (bicyclic) bond motifs is 1. The van der Waals surface area contributed by atoms with Crippen molar-refractivity contribution in [2.75, 3.05) is 37.3 Å². The number of ether oxygens (including phenoxy) is 1. The minimum Gasteiger partial charge on any atom is -0.475 e. The molecule has 4 heterocycles. The van der Waals surface area contributed by atoms with E-state index in [9.17, 15) is 4.21 Å². The lowest BCUT2D eigenvalue weighted by Crippen LogP contribution is -2.47. The van der Waals surface area contributed by atoms with Gasteiger partial charge in [-0.15, -0.1) is 0 Å². The zero-order valence-electron chi connectivity index (χ0n) is 16.3. The summed E-state index contributed by atoms with van der Waals surface area (Å²) in [5.74, 6) is 1.49. The van der Waals surface area contributed by atoms with Gasteiger partial charge in [-0.1, -0.05) is 0 Å². The van der Waals surface area contributed by atoms with Gasteiger partial charge in [0.05, 0.1) is 28.8 Å².